The van der Waals surface area contributed by atoms with E-state index in [0.29, 0.717) is 51.6 Å². The molecular formula is C26H38N4O6. The van der Waals surface area contributed by atoms with Crippen molar-refractivity contribution < 1.29 is 29.4 Å². The fraction of sp³-hybridized carbons (Fsp3) is 0.615. The number of rotatable bonds is 10. The maximum absolute atomic E-state index is 13.6. The number of hydrogen-bond acceptors (Lipinski definition) is 6. The number of hydrogen-bond donors (Lipinski definition) is 4. The minimum atomic E-state index is -1.51. The molecule has 2 heterocycles. The average Bonchev–Trinajstić information content (AvgIpc) is 3.52. The number of benzene rings is 1. The summed E-state index contributed by atoms with van der Waals surface area (Å²) >= 11 is 0. The number of aliphatic hydroxyl groups is 1. The number of carbonyl (C=O) groups is 4. The molecule has 1 aromatic carbocycles. The largest absolute Gasteiger partial charge is 0.480 e. The highest BCUT2D eigenvalue weighted by molar-refractivity contribution is 5.94. The van der Waals surface area contributed by atoms with Crippen LogP contribution in [0.5, 0.6) is 0 Å². The summed E-state index contributed by atoms with van der Waals surface area (Å²) in [5.74, 6) is -2.47. The van der Waals surface area contributed by atoms with Crippen molar-refractivity contribution in [2.75, 3.05) is 13.1 Å². The first-order chi connectivity index (χ1) is 17.1. The van der Waals surface area contributed by atoms with Crippen LogP contribution in [0, 0.1) is 5.92 Å². The molecule has 5 N–H and O–H groups in total. The van der Waals surface area contributed by atoms with Crippen molar-refractivity contribution in [2.45, 2.75) is 82.6 Å². The Kier molecular flexibility index (Phi) is 9.44. The number of carbonyl (C=O) groups excluding carboxylic acids is 3. The first kappa shape index (κ1) is 27.6. The average molecular weight is 503 g/mol. The van der Waals surface area contributed by atoms with E-state index in [-0.39, 0.29) is 11.8 Å². The predicted molar refractivity (Wildman–Crippen MR) is 133 cm³/mol. The lowest BCUT2D eigenvalue weighted by Gasteiger charge is -2.33. The molecule has 0 unspecified atom stereocenters. The lowest BCUT2D eigenvalue weighted by atomic mass is 9.99. The quantitative estimate of drug-likeness (QED) is 0.364. The van der Waals surface area contributed by atoms with Gasteiger partial charge in [0.05, 0.1) is 0 Å². The summed E-state index contributed by atoms with van der Waals surface area (Å²) in [6.07, 6.45) is 1.17. The Morgan fingerprint density at radius 1 is 1.03 bits per heavy atom. The van der Waals surface area contributed by atoms with Gasteiger partial charge in [0.2, 0.25) is 11.8 Å². The fourth-order valence-corrected chi connectivity index (χ4v) is 5.11. The standard InChI is InChI=1S/C26H38N4O6/c1-16(2)14-19(28-23(32)22(31)18(27)15-17-8-4-3-5-9-17)24(33)29-12-6-10-20(29)25(34)30-13-7-11-21(30)26(35)36/h3-5,8-9,16,18-22,31H,6-7,10-15,27H2,1-2H3,(H,28,32)(H,35,36)/t18-,19+,20+,21+,22+/m1/s1. The van der Waals surface area contributed by atoms with Crippen LogP contribution in [0.3, 0.4) is 0 Å². The zero-order valence-corrected chi connectivity index (χ0v) is 21.0. The van der Waals surface area contributed by atoms with Gasteiger partial charge >= 0.3 is 5.97 Å². The number of carboxylic acid groups (broad SMARTS) is 1. The molecule has 198 valence electrons. The molecular weight excluding hydrogens is 464 g/mol. The van der Waals surface area contributed by atoms with Gasteiger partial charge in [0, 0.05) is 19.1 Å². The van der Waals surface area contributed by atoms with Crippen LogP contribution in [-0.4, -0.2) is 87.1 Å². The zero-order valence-electron chi connectivity index (χ0n) is 21.0. The van der Waals surface area contributed by atoms with Crippen molar-refractivity contribution in [1.82, 2.24) is 15.1 Å². The number of likely N-dealkylation sites (tertiary alicyclic amines) is 2. The van der Waals surface area contributed by atoms with Gasteiger partial charge in [0.1, 0.15) is 24.2 Å². The van der Waals surface area contributed by atoms with Gasteiger partial charge < -0.3 is 31.1 Å². The van der Waals surface area contributed by atoms with E-state index in [2.05, 4.69) is 5.32 Å². The molecule has 0 bridgehead atoms. The smallest absolute Gasteiger partial charge is 0.326 e. The van der Waals surface area contributed by atoms with E-state index in [4.69, 9.17) is 5.73 Å². The maximum Gasteiger partial charge on any atom is 0.326 e. The number of nitrogens with one attached hydrogen (secondary N) is 1. The zero-order chi connectivity index (χ0) is 26.4. The minimum Gasteiger partial charge on any atom is -0.480 e. The Labute approximate surface area is 211 Å². The first-order valence-corrected chi connectivity index (χ1v) is 12.7. The Bertz CT molecular complexity index is 940. The number of amides is 3. The van der Waals surface area contributed by atoms with E-state index >= 15 is 0 Å². The van der Waals surface area contributed by atoms with Crippen LogP contribution in [-0.2, 0) is 25.6 Å². The maximum atomic E-state index is 13.6. The number of aliphatic hydroxyl groups excluding tert-OH is 1. The Morgan fingerprint density at radius 2 is 1.64 bits per heavy atom. The van der Waals surface area contributed by atoms with Gasteiger partial charge in [0.15, 0.2) is 0 Å². The van der Waals surface area contributed by atoms with Crippen molar-refractivity contribution in [3.8, 4) is 0 Å². The number of carboxylic acids is 1. The lowest BCUT2D eigenvalue weighted by Crippen LogP contribution is -2.57. The summed E-state index contributed by atoms with van der Waals surface area (Å²) in [5.41, 5.74) is 6.97. The van der Waals surface area contributed by atoms with Crippen LogP contribution < -0.4 is 11.1 Å². The Balaban J connectivity index is 1.69. The molecule has 1 aromatic rings. The van der Waals surface area contributed by atoms with Gasteiger partial charge in [0.25, 0.3) is 5.91 Å². The molecule has 2 aliphatic heterocycles. The van der Waals surface area contributed by atoms with E-state index in [0.717, 1.165) is 5.56 Å². The third-order valence-electron chi connectivity index (χ3n) is 6.95. The highest BCUT2D eigenvalue weighted by Gasteiger charge is 2.43. The van der Waals surface area contributed by atoms with E-state index < -0.39 is 48.1 Å². The molecule has 5 atom stereocenters. The van der Waals surface area contributed by atoms with Crippen molar-refractivity contribution in [3.63, 3.8) is 0 Å². The van der Waals surface area contributed by atoms with Gasteiger partial charge in [-0.3, -0.25) is 14.4 Å². The lowest BCUT2D eigenvalue weighted by molar-refractivity contribution is -0.152. The number of nitrogens with zero attached hydrogens (tertiary/aromatic N) is 2. The molecule has 3 amide bonds. The van der Waals surface area contributed by atoms with Crippen LogP contribution >= 0.6 is 0 Å². The highest BCUT2D eigenvalue weighted by atomic mass is 16.4. The monoisotopic (exact) mass is 502 g/mol. The molecule has 3 rings (SSSR count). The topological polar surface area (TPSA) is 153 Å². The van der Waals surface area contributed by atoms with Crippen LogP contribution in [0.1, 0.15) is 51.5 Å². The summed E-state index contributed by atoms with van der Waals surface area (Å²) in [7, 11) is 0. The summed E-state index contributed by atoms with van der Waals surface area (Å²) < 4.78 is 0. The number of nitrogens with two attached hydrogens (primary N) is 1. The van der Waals surface area contributed by atoms with E-state index in [1.54, 1.807) is 0 Å². The van der Waals surface area contributed by atoms with Crippen LogP contribution in [0.15, 0.2) is 30.3 Å². The second-order valence-corrected chi connectivity index (χ2v) is 10.2. The Hall–Kier alpha value is -2.98. The summed E-state index contributed by atoms with van der Waals surface area (Å²) in [5, 5.41) is 22.7. The van der Waals surface area contributed by atoms with Gasteiger partial charge in [-0.05, 0) is 50.0 Å². The fourth-order valence-electron chi connectivity index (χ4n) is 5.11. The van der Waals surface area contributed by atoms with E-state index in [1.165, 1.54) is 9.80 Å². The molecule has 36 heavy (non-hydrogen) atoms. The second kappa shape index (κ2) is 12.3. The third-order valence-corrected chi connectivity index (χ3v) is 6.95. The van der Waals surface area contributed by atoms with Crippen LogP contribution in [0.4, 0.5) is 0 Å². The highest BCUT2D eigenvalue weighted by Crippen LogP contribution is 2.26. The summed E-state index contributed by atoms with van der Waals surface area (Å²) in [6.45, 7) is 4.53. The predicted octanol–water partition coefficient (Wildman–Crippen LogP) is 0.515. The third kappa shape index (κ3) is 6.61. The second-order valence-electron chi connectivity index (χ2n) is 10.2. The van der Waals surface area contributed by atoms with Crippen molar-refractivity contribution in [1.29, 1.82) is 0 Å². The minimum absolute atomic E-state index is 0.0566. The van der Waals surface area contributed by atoms with E-state index in [9.17, 15) is 29.4 Å². The normalized spacial score (nSPS) is 22.4. The molecule has 2 saturated heterocycles. The molecule has 2 fully saturated rings. The first-order valence-electron chi connectivity index (χ1n) is 12.7. The summed E-state index contributed by atoms with van der Waals surface area (Å²) in [6, 6.07) is 5.86. The Morgan fingerprint density at radius 3 is 2.25 bits per heavy atom. The molecule has 10 heteroatoms. The molecule has 2 aliphatic rings. The van der Waals surface area contributed by atoms with Crippen LogP contribution in [0.25, 0.3) is 0 Å². The van der Waals surface area contributed by atoms with Crippen molar-refractivity contribution in [3.05, 3.63) is 35.9 Å². The number of aliphatic carboxylic acids is 1. The van der Waals surface area contributed by atoms with E-state index in [1.807, 2.05) is 44.2 Å². The molecule has 0 spiro atoms. The molecule has 0 aromatic heterocycles. The van der Waals surface area contributed by atoms with Crippen molar-refractivity contribution in [2.24, 2.45) is 11.7 Å². The summed E-state index contributed by atoms with van der Waals surface area (Å²) in [4.78, 5) is 54.1. The van der Waals surface area contributed by atoms with Gasteiger partial charge in [-0.2, -0.15) is 0 Å². The van der Waals surface area contributed by atoms with Crippen molar-refractivity contribution >= 4 is 23.7 Å². The van der Waals surface area contributed by atoms with Crippen LogP contribution in [0.2, 0.25) is 0 Å². The van der Waals surface area contributed by atoms with Gasteiger partial charge in [-0.25, -0.2) is 4.79 Å². The SMILES string of the molecule is CC(C)C[C@H](NC(=O)[C@@H](O)[C@H](N)Cc1ccccc1)C(=O)N1CCC[C@H]1C(=O)N1CCC[C@H]1C(=O)O. The van der Waals surface area contributed by atoms with Gasteiger partial charge in [-0.1, -0.05) is 44.2 Å². The molecule has 0 radical (unpaired) electrons. The molecule has 0 saturated carbocycles. The van der Waals surface area contributed by atoms with Gasteiger partial charge in [-0.15, -0.1) is 0 Å². The molecule has 10 nitrogen and oxygen atoms in total. The molecule has 0 aliphatic carbocycles.